The number of furan rings is 1. The van der Waals surface area contributed by atoms with Crippen LogP contribution in [0.2, 0.25) is 0 Å². The summed E-state index contributed by atoms with van der Waals surface area (Å²) < 4.78 is 8.83. The topological polar surface area (TPSA) is 127 Å². The zero-order chi connectivity index (χ0) is 23.9. The van der Waals surface area contributed by atoms with E-state index >= 15 is 0 Å². The van der Waals surface area contributed by atoms with E-state index in [-0.39, 0.29) is 5.95 Å². The lowest BCUT2D eigenvalue weighted by atomic mass is 10.1. The van der Waals surface area contributed by atoms with E-state index in [4.69, 9.17) is 10.2 Å². The second-order valence-corrected chi connectivity index (χ2v) is 8.82. The molecule has 11 nitrogen and oxygen atoms in total. The lowest BCUT2D eigenvalue weighted by Gasteiger charge is -2.36. The fourth-order valence-electron chi connectivity index (χ4n) is 4.58. The van der Waals surface area contributed by atoms with E-state index in [2.05, 4.69) is 42.1 Å². The molecule has 1 aliphatic heterocycles. The number of nitrogens with zero attached hydrogens (tertiary/aromatic N) is 8. The van der Waals surface area contributed by atoms with Gasteiger partial charge in [0.2, 0.25) is 11.8 Å². The van der Waals surface area contributed by atoms with E-state index in [9.17, 15) is 5.11 Å². The molecule has 1 atom stereocenters. The van der Waals surface area contributed by atoms with Crippen molar-refractivity contribution in [2.75, 3.05) is 43.4 Å². The zero-order valence-electron chi connectivity index (χ0n) is 19.4. The number of aromatic nitrogens is 6. The summed E-state index contributed by atoms with van der Waals surface area (Å²) in [5.41, 5.74) is 9.61. The van der Waals surface area contributed by atoms with Crippen LogP contribution in [0.3, 0.4) is 0 Å². The van der Waals surface area contributed by atoms with Gasteiger partial charge in [0, 0.05) is 38.4 Å². The zero-order valence-corrected chi connectivity index (χ0v) is 19.4. The van der Waals surface area contributed by atoms with Gasteiger partial charge in [0.05, 0.1) is 30.5 Å². The molecule has 35 heavy (non-hydrogen) atoms. The number of fused-ring (bicyclic) bond motifs is 3. The molecule has 0 spiro atoms. The molecule has 6 rings (SSSR count). The summed E-state index contributed by atoms with van der Waals surface area (Å²) >= 11 is 0. The predicted molar refractivity (Wildman–Crippen MR) is 132 cm³/mol. The third-order valence-corrected chi connectivity index (χ3v) is 6.56. The fraction of sp³-hybridized carbons (Fsp3) is 0.333. The number of anilines is 2. The van der Waals surface area contributed by atoms with Gasteiger partial charge in [0.15, 0.2) is 17.1 Å². The summed E-state index contributed by atoms with van der Waals surface area (Å²) in [6, 6.07) is 11.8. The van der Waals surface area contributed by atoms with E-state index in [1.807, 2.05) is 22.9 Å². The highest BCUT2D eigenvalue weighted by molar-refractivity contribution is 5.90. The molecule has 1 saturated heterocycles. The van der Waals surface area contributed by atoms with E-state index in [0.717, 1.165) is 49.4 Å². The number of benzene rings is 1. The van der Waals surface area contributed by atoms with Crippen molar-refractivity contribution in [2.24, 2.45) is 0 Å². The number of nitrogens with two attached hydrogens (primary N) is 1. The first kappa shape index (κ1) is 21.6. The molecule has 4 aromatic heterocycles. The van der Waals surface area contributed by atoms with Gasteiger partial charge >= 0.3 is 0 Å². The van der Waals surface area contributed by atoms with Crippen LogP contribution >= 0.6 is 0 Å². The second kappa shape index (κ2) is 8.67. The van der Waals surface area contributed by atoms with Crippen LogP contribution in [0.1, 0.15) is 18.6 Å². The van der Waals surface area contributed by atoms with E-state index in [0.29, 0.717) is 29.4 Å². The molecule has 0 unspecified atom stereocenters. The van der Waals surface area contributed by atoms with Crippen LogP contribution in [0.25, 0.3) is 28.3 Å². The number of nitrogen functional groups attached to an aromatic ring is 1. The average molecular weight is 474 g/mol. The Morgan fingerprint density at radius 1 is 1.06 bits per heavy atom. The highest BCUT2D eigenvalue weighted by Gasteiger charge is 2.20. The van der Waals surface area contributed by atoms with Crippen molar-refractivity contribution in [1.29, 1.82) is 0 Å². The van der Waals surface area contributed by atoms with Crippen LogP contribution < -0.4 is 10.6 Å². The first-order valence-corrected chi connectivity index (χ1v) is 11.7. The summed E-state index contributed by atoms with van der Waals surface area (Å²) in [5.74, 6) is 1.29. The van der Waals surface area contributed by atoms with Crippen LogP contribution in [0, 0.1) is 0 Å². The quantitative estimate of drug-likeness (QED) is 0.381. The third kappa shape index (κ3) is 3.98. The maximum Gasteiger partial charge on any atom is 0.225 e. The highest BCUT2D eigenvalue weighted by Crippen LogP contribution is 2.24. The second-order valence-electron chi connectivity index (χ2n) is 8.82. The Morgan fingerprint density at radius 3 is 2.69 bits per heavy atom. The van der Waals surface area contributed by atoms with Crippen LogP contribution in [-0.4, -0.2) is 72.1 Å². The first-order valence-electron chi connectivity index (χ1n) is 11.7. The molecule has 1 aromatic carbocycles. The SMILES string of the molecule is C[C@@H](O)c1cccc(N2CCN(CCn3ncc4c3nc(N)n3nc(-c5ccco5)nc43)CC2)c1. The summed E-state index contributed by atoms with van der Waals surface area (Å²) in [6.07, 6.45) is 2.89. The molecule has 0 aliphatic carbocycles. The number of piperazine rings is 1. The van der Waals surface area contributed by atoms with Crippen LogP contribution in [-0.2, 0) is 6.54 Å². The Hall–Kier alpha value is -3.96. The van der Waals surface area contributed by atoms with Crippen molar-refractivity contribution >= 4 is 28.3 Å². The van der Waals surface area contributed by atoms with Gasteiger partial charge in [-0.15, -0.1) is 5.10 Å². The van der Waals surface area contributed by atoms with E-state index < -0.39 is 6.10 Å². The number of rotatable bonds is 6. The molecule has 0 amide bonds. The van der Waals surface area contributed by atoms with Crippen molar-refractivity contribution in [2.45, 2.75) is 19.6 Å². The minimum absolute atomic E-state index is 0.257. The standard InChI is InChI=1S/C24H27N9O2/c1-16(34)17-4-2-5-18(14-17)31-10-7-30(8-11-31)9-12-32-22-19(15-26-32)23-27-21(20-6-3-13-35-20)29-33(23)24(25)28-22/h2-6,13-16,34H,7-12H2,1H3,(H2,25,28)/t16-/m1/s1. The van der Waals surface area contributed by atoms with Crippen LogP contribution in [0.15, 0.2) is 53.3 Å². The maximum atomic E-state index is 9.88. The van der Waals surface area contributed by atoms with Gasteiger partial charge in [-0.2, -0.15) is 14.6 Å². The van der Waals surface area contributed by atoms with Crippen molar-refractivity contribution in [3.8, 4) is 11.6 Å². The Balaban J connectivity index is 1.15. The molecule has 0 bridgehead atoms. The first-order chi connectivity index (χ1) is 17.1. The summed E-state index contributed by atoms with van der Waals surface area (Å²) in [5, 5.41) is 19.7. The molecule has 5 aromatic rings. The lowest BCUT2D eigenvalue weighted by Crippen LogP contribution is -2.47. The fourth-order valence-corrected chi connectivity index (χ4v) is 4.58. The number of aliphatic hydroxyl groups excluding tert-OH is 1. The summed E-state index contributed by atoms with van der Waals surface area (Å²) in [6.45, 7) is 7.13. The molecule has 0 saturated carbocycles. The van der Waals surface area contributed by atoms with Crippen molar-refractivity contribution < 1.29 is 9.52 Å². The molecular formula is C24H27N9O2. The van der Waals surface area contributed by atoms with Crippen molar-refractivity contribution in [1.82, 2.24) is 34.3 Å². The molecule has 11 heteroatoms. The van der Waals surface area contributed by atoms with Crippen molar-refractivity contribution in [3.05, 3.63) is 54.4 Å². The Morgan fingerprint density at radius 2 is 1.91 bits per heavy atom. The number of aliphatic hydroxyl groups is 1. The molecule has 180 valence electrons. The van der Waals surface area contributed by atoms with Crippen molar-refractivity contribution in [3.63, 3.8) is 0 Å². The van der Waals surface area contributed by atoms with E-state index in [1.165, 1.54) is 4.52 Å². The minimum atomic E-state index is -0.460. The molecule has 0 radical (unpaired) electrons. The molecule has 5 heterocycles. The highest BCUT2D eigenvalue weighted by atomic mass is 16.3. The van der Waals surface area contributed by atoms with Gasteiger partial charge in [-0.25, -0.2) is 9.67 Å². The molecular weight excluding hydrogens is 446 g/mol. The smallest absolute Gasteiger partial charge is 0.225 e. The van der Waals surface area contributed by atoms with Crippen LogP contribution in [0.5, 0.6) is 0 Å². The third-order valence-electron chi connectivity index (χ3n) is 6.56. The summed E-state index contributed by atoms with van der Waals surface area (Å²) in [4.78, 5) is 14.0. The summed E-state index contributed by atoms with van der Waals surface area (Å²) in [7, 11) is 0. The van der Waals surface area contributed by atoms with Gasteiger partial charge in [0.1, 0.15) is 0 Å². The van der Waals surface area contributed by atoms with Gasteiger partial charge in [-0.05, 0) is 36.8 Å². The van der Waals surface area contributed by atoms with Gasteiger partial charge < -0.3 is 20.2 Å². The van der Waals surface area contributed by atoms with Crippen LogP contribution in [0.4, 0.5) is 11.6 Å². The van der Waals surface area contributed by atoms with Gasteiger partial charge in [-0.3, -0.25) is 4.90 Å². The Labute approximate surface area is 201 Å². The van der Waals surface area contributed by atoms with E-state index in [1.54, 1.807) is 25.5 Å². The average Bonchev–Trinajstić information content (AvgIpc) is 3.63. The lowest BCUT2D eigenvalue weighted by molar-refractivity contribution is 0.199. The normalized spacial score (nSPS) is 15.9. The maximum absolute atomic E-state index is 9.88. The molecule has 3 N–H and O–H groups in total. The Bertz CT molecular complexity index is 1460. The molecule has 1 fully saturated rings. The largest absolute Gasteiger partial charge is 0.461 e. The number of hydrogen-bond donors (Lipinski definition) is 2. The minimum Gasteiger partial charge on any atom is -0.461 e. The van der Waals surface area contributed by atoms with Gasteiger partial charge in [0.25, 0.3) is 0 Å². The van der Waals surface area contributed by atoms with Gasteiger partial charge in [-0.1, -0.05) is 12.1 Å². The Kier molecular flexibility index (Phi) is 5.34. The predicted octanol–water partition coefficient (Wildman–Crippen LogP) is 2.19. The monoisotopic (exact) mass is 473 g/mol. The number of hydrogen-bond acceptors (Lipinski definition) is 9. The molecule has 1 aliphatic rings.